The summed E-state index contributed by atoms with van der Waals surface area (Å²) in [6.45, 7) is 2.00. The number of hydrogen-bond donors (Lipinski definition) is 2. The fourth-order valence-corrected chi connectivity index (χ4v) is 2.37. The Morgan fingerprint density at radius 2 is 2.30 bits per heavy atom. The van der Waals surface area contributed by atoms with Gasteiger partial charge >= 0.3 is 5.97 Å². The van der Waals surface area contributed by atoms with Crippen molar-refractivity contribution >= 4 is 5.97 Å². The van der Waals surface area contributed by atoms with Crippen LogP contribution in [0.2, 0.25) is 0 Å². The minimum atomic E-state index is -0.835. The highest BCUT2D eigenvalue weighted by atomic mass is 16.4. The number of aliphatic carboxylic acids is 1. The molecule has 0 saturated carbocycles. The van der Waals surface area contributed by atoms with Gasteiger partial charge in [0.1, 0.15) is 6.04 Å². The fourth-order valence-electron chi connectivity index (χ4n) is 2.37. The lowest BCUT2D eigenvalue weighted by Crippen LogP contribution is -2.32. The summed E-state index contributed by atoms with van der Waals surface area (Å²) in [5, 5.41) is 24.4. The van der Waals surface area contributed by atoms with Gasteiger partial charge in [-0.3, -0.25) is 10.1 Å². The van der Waals surface area contributed by atoms with E-state index in [4.69, 9.17) is 5.11 Å². The number of tetrazole rings is 1. The van der Waals surface area contributed by atoms with Gasteiger partial charge in [-0.05, 0) is 42.7 Å². The van der Waals surface area contributed by atoms with Crippen molar-refractivity contribution in [2.75, 3.05) is 0 Å². The Labute approximate surface area is 115 Å². The molecule has 1 aromatic heterocycles. The van der Waals surface area contributed by atoms with Crippen molar-refractivity contribution in [2.24, 2.45) is 0 Å². The van der Waals surface area contributed by atoms with Crippen LogP contribution in [0.5, 0.6) is 0 Å². The summed E-state index contributed by atoms with van der Waals surface area (Å²) in [5.74, 6) is -0.297. The van der Waals surface area contributed by atoms with Crippen LogP contribution >= 0.6 is 0 Å². The van der Waals surface area contributed by atoms with E-state index in [2.05, 4.69) is 20.7 Å². The first-order chi connectivity index (χ1) is 9.63. The van der Waals surface area contributed by atoms with Crippen LogP contribution in [0.1, 0.15) is 30.3 Å². The van der Waals surface area contributed by atoms with Gasteiger partial charge in [0.25, 0.3) is 0 Å². The third-order valence-electron chi connectivity index (χ3n) is 3.42. The molecular weight excluding hydrogens is 258 g/mol. The lowest BCUT2D eigenvalue weighted by atomic mass is 10.2. The number of hydrogen-bond acceptors (Lipinski definition) is 5. The average molecular weight is 273 g/mol. The second-order valence-corrected chi connectivity index (χ2v) is 4.96. The SMILES string of the molecule is Cc1cccc(-n2nnc([C@H]3CC[C@@H](C(=O)O)N3)n2)c1. The van der Waals surface area contributed by atoms with Crippen molar-refractivity contribution in [3.63, 3.8) is 0 Å². The average Bonchev–Trinajstić information content (AvgIpc) is 3.08. The van der Waals surface area contributed by atoms with Crippen LogP contribution in [0.3, 0.4) is 0 Å². The van der Waals surface area contributed by atoms with Crippen LogP contribution in [-0.4, -0.2) is 37.3 Å². The second-order valence-electron chi connectivity index (χ2n) is 4.96. The Hall–Kier alpha value is -2.28. The number of nitrogens with zero attached hydrogens (tertiary/aromatic N) is 4. The Bertz CT molecular complexity index is 639. The molecule has 104 valence electrons. The normalized spacial score (nSPS) is 22.1. The number of aromatic nitrogens is 4. The third-order valence-corrected chi connectivity index (χ3v) is 3.42. The lowest BCUT2D eigenvalue weighted by molar-refractivity contribution is -0.139. The maximum absolute atomic E-state index is 10.9. The van der Waals surface area contributed by atoms with Crippen LogP contribution < -0.4 is 5.32 Å². The zero-order valence-electron chi connectivity index (χ0n) is 11.0. The molecule has 3 rings (SSSR count). The van der Waals surface area contributed by atoms with Crippen molar-refractivity contribution in [3.05, 3.63) is 35.7 Å². The number of aryl methyl sites for hydroxylation is 1. The van der Waals surface area contributed by atoms with E-state index in [1.165, 1.54) is 4.80 Å². The Kier molecular flexibility index (Phi) is 3.19. The molecule has 7 nitrogen and oxygen atoms in total. The molecule has 2 N–H and O–H groups in total. The largest absolute Gasteiger partial charge is 0.480 e. The number of benzene rings is 1. The molecule has 0 radical (unpaired) electrons. The summed E-state index contributed by atoms with van der Waals surface area (Å²) in [6, 6.07) is 7.13. The number of carbonyl (C=O) groups is 1. The zero-order chi connectivity index (χ0) is 14.1. The highest BCUT2D eigenvalue weighted by Gasteiger charge is 2.32. The molecule has 1 aromatic carbocycles. The summed E-state index contributed by atoms with van der Waals surface area (Å²) >= 11 is 0. The lowest BCUT2D eigenvalue weighted by Gasteiger charge is -2.06. The predicted octanol–water partition coefficient (Wildman–Crippen LogP) is 0.848. The highest BCUT2D eigenvalue weighted by Crippen LogP contribution is 2.23. The van der Waals surface area contributed by atoms with Gasteiger partial charge in [-0.2, -0.15) is 0 Å². The van der Waals surface area contributed by atoms with Crippen LogP contribution in [-0.2, 0) is 4.79 Å². The van der Waals surface area contributed by atoms with Gasteiger partial charge in [0.05, 0.1) is 11.7 Å². The Balaban J connectivity index is 1.79. The molecule has 0 aliphatic carbocycles. The summed E-state index contributed by atoms with van der Waals surface area (Å²) in [7, 11) is 0. The van der Waals surface area contributed by atoms with E-state index in [0.717, 1.165) is 11.3 Å². The van der Waals surface area contributed by atoms with E-state index in [0.29, 0.717) is 18.7 Å². The monoisotopic (exact) mass is 273 g/mol. The van der Waals surface area contributed by atoms with Gasteiger partial charge in [0.2, 0.25) is 0 Å². The minimum Gasteiger partial charge on any atom is -0.480 e. The maximum Gasteiger partial charge on any atom is 0.320 e. The van der Waals surface area contributed by atoms with E-state index in [-0.39, 0.29) is 6.04 Å². The molecule has 0 unspecified atom stereocenters. The molecule has 2 aromatic rings. The maximum atomic E-state index is 10.9. The molecule has 1 aliphatic rings. The van der Waals surface area contributed by atoms with Gasteiger partial charge in [-0.15, -0.1) is 15.0 Å². The van der Waals surface area contributed by atoms with Crippen LogP contribution in [0.15, 0.2) is 24.3 Å². The van der Waals surface area contributed by atoms with Gasteiger partial charge < -0.3 is 5.11 Å². The van der Waals surface area contributed by atoms with E-state index < -0.39 is 12.0 Å². The van der Waals surface area contributed by atoms with E-state index in [1.54, 1.807) is 0 Å². The van der Waals surface area contributed by atoms with Gasteiger partial charge in [0, 0.05) is 0 Å². The summed E-state index contributed by atoms with van der Waals surface area (Å²) in [5.41, 5.74) is 1.96. The van der Waals surface area contributed by atoms with Crippen molar-refractivity contribution < 1.29 is 9.90 Å². The number of nitrogens with one attached hydrogen (secondary N) is 1. The molecular formula is C13H15N5O2. The summed E-state index contributed by atoms with van der Waals surface area (Å²) in [4.78, 5) is 12.4. The van der Waals surface area contributed by atoms with Crippen molar-refractivity contribution in [3.8, 4) is 5.69 Å². The quantitative estimate of drug-likeness (QED) is 0.861. The standard InChI is InChI=1S/C13H15N5O2/c1-8-3-2-4-9(7-8)18-16-12(15-17-18)10-5-6-11(14-10)13(19)20/h2-4,7,10-11,14H,5-6H2,1H3,(H,19,20)/t10-,11+/m1/s1. The zero-order valence-corrected chi connectivity index (χ0v) is 11.0. The first-order valence-electron chi connectivity index (χ1n) is 6.49. The highest BCUT2D eigenvalue weighted by molar-refractivity contribution is 5.73. The Morgan fingerprint density at radius 3 is 3.00 bits per heavy atom. The third kappa shape index (κ3) is 2.39. The van der Waals surface area contributed by atoms with E-state index in [9.17, 15) is 4.79 Å². The smallest absolute Gasteiger partial charge is 0.320 e. The van der Waals surface area contributed by atoms with Crippen molar-refractivity contribution in [1.82, 2.24) is 25.5 Å². The molecule has 20 heavy (non-hydrogen) atoms. The molecule has 0 bridgehead atoms. The van der Waals surface area contributed by atoms with E-state index >= 15 is 0 Å². The molecule has 1 fully saturated rings. The Morgan fingerprint density at radius 1 is 1.45 bits per heavy atom. The van der Waals surface area contributed by atoms with Crippen LogP contribution in [0.25, 0.3) is 5.69 Å². The van der Waals surface area contributed by atoms with Gasteiger partial charge in [-0.1, -0.05) is 12.1 Å². The fraction of sp³-hybridized carbons (Fsp3) is 0.385. The molecule has 1 saturated heterocycles. The summed E-state index contributed by atoms with van der Waals surface area (Å²) < 4.78 is 0. The summed E-state index contributed by atoms with van der Waals surface area (Å²) in [6.07, 6.45) is 1.29. The number of carboxylic acid groups (broad SMARTS) is 1. The molecule has 7 heteroatoms. The molecule has 2 atom stereocenters. The molecule has 0 spiro atoms. The van der Waals surface area contributed by atoms with Crippen LogP contribution in [0.4, 0.5) is 0 Å². The van der Waals surface area contributed by atoms with Gasteiger partial charge in [0.15, 0.2) is 5.82 Å². The first kappa shape index (κ1) is 12.7. The van der Waals surface area contributed by atoms with Crippen molar-refractivity contribution in [2.45, 2.75) is 31.8 Å². The minimum absolute atomic E-state index is 0.144. The number of rotatable bonds is 3. The predicted molar refractivity (Wildman–Crippen MR) is 70.4 cm³/mol. The first-order valence-corrected chi connectivity index (χ1v) is 6.49. The van der Waals surface area contributed by atoms with Crippen LogP contribution in [0, 0.1) is 6.92 Å². The van der Waals surface area contributed by atoms with E-state index in [1.807, 2.05) is 31.2 Å². The van der Waals surface area contributed by atoms with Crippen molar-refractivity contribution in [1.29, 1.82) is 0 Å². The van der Waals surface area contributed by atoms with Gasteiger partial charge in [-0.25, -0.2) is 0 Å². The topological polar surface area (TPSA) is 92.9 Å². The molecule has 2 heterocycles. The molecule has 0 amide bonds. The second kappa shape index (κ2) is 5.01. The molecule has 1 aliphatic heterocycles. The number of carboxylic acids is 1.